The number of hydrogen-bond acceptors (Lipinski definition) is 5. The monoisotopic (exact) mass is 399 g/mol. The first-order valence-electron chi connectivity index (χ1n) is 6.72. The van der Waals surface area contributed by atoms with Crippen molar-refractivity contribution in [1.29, 1.82) is 0 Å². The van der Waals surface area contributed by atoms with Crippen molar-refractivity contribution in [1.82, 2.24) is 9.97 Å². The SMILES string of the molecule is Cc1ncccc1Oc1ncc(Cl)cc1NS(=O)c1ccc(Cl)s1. The molecule has 0 saturated heterocycles. The zero-order valence-electron chi connectivity index (χ0n) is 12.3. The smallest absolute Gasteiger partial charge is 0.243 e. The first kappa shape index (κ1) is 17.2. The molecule has 0 spiro atoms. The number of pyridine rings is 2. The Kier molecular flexibility index (Phi) is 5.35. The summed E-state index contributed by atoms with van der Waals surface area (Å²) in [7, 11) is -1.51. The Bertz CT molecular complexity index is 902. The average Bonchev–Trinajstić information content (AvgIpc) is 2.98. The lowest BCUT2D eigenvalue weighted by atomic mass is 10.3. The van der Waals surface area contributed by atoms with Gasteiger partial charge >= 0.3 is 0 Å². The van der Waals surface area contributed by atoms with Gasteiger partial charge in [0.25, 0.3) is 0 Å². The number of anilines is 1. The number of nitrogens with zero attached hydrogens (tertiary/aromatic N) is 2. The second-order valence-electron chi connectivity index (χ2n) is 4.62. The Morgan fingerprint density at radius 1 is 1.25 bits per heavy atom. The van der Waals surface area contributed by atoms with E-state index in [1.54, 1.807) is 36.5 Å². The van der Waals surface area contributed by atoms with Gasteiger partial charge in [-0.1, -0.05) is 23.2 Å². The first-order chi connectivity index (χ1) is 11.5. The number of aryl methyl sites for hydroxylation is 1. The van der Waals surface area contributed by atoms with E-state index in [0.29, 0.717) is 30.7 Å². The van der Waals surface area contributed by atoms with Crippen LogP contribution in [0.5, 0.6) is 11.6 Å². The minimum absolute atomic E-state index is 0.256. The highest BCUT2D eigenvalue weighted by Gasteiger charge is 2.14. The molecule has 24 heavy (non-hydrogen) atoms. The molecule has 0 radical (unpaired) electrons. The Balaban J connectivity index is 1.88. The zero-order chi connectivity index (χ0) is 17.1. The predicted octanol–water partition coefficient (Wildman–Crippen LogP) is 5.08. The van der Waals surface area contributed by atoms with E-state index in [2.05, 4.69) is 14.7 Å². The van der Waals surface area contributed by atoms with Crippen molar-refractivity contribution in [3.63, 3.8) is 0 Å². The minimum Gasteiger partial charge on any atom is -0.435 e. The number of ether oxygens (including phenoxy) is 1. The number of aromatic nitrogens is 2. The summed E-state index contributed by atoms with van der Waals surface area (Å²) in [5, 5.41) is 0.397. The van der Waals surface area contributed by atoms with Gasteiger partial charge in [0.1, 0.15) is 9.90 Å². The molecule has 1 atom stereocenters. The maximum absolute atomic E-state index is 12.4. The molecule has 0 amide bonds. The molecule has 3 aromatic heterocycles. The molecule has 3 rings (SSSR count). The highest BCUT2D eigenvalue weighted by Crippen LogP contribution is 2.32. The molecule has 1 N–H and O–H groups in total. The molecule has 124 valence electrons. The van der Waals surface area contributed by atoms with Gasteiger partial charge in [-0.05, 0) is 37.3 Å². The topological polar surface area (TPSA) is 64.1 Å². The van der Waals surface area contributed by atoms with E-state index in [1.165, 1.54) is 17.5 Å². The fraction of sp³-hybridized carbons (Fsp3) is 0.0667. The highest BCUT2D eigenvalue weighted by molar-refractivity contribution is 7.88. The molecule has 0 aromatic carbocycles. The molecule has 1 unspecified atom stereocenters. The summed E-state index contributed by atoms with van der Waals surface area (Å²) in [4.78, 5) is 8.33. The summed E-state index contributed by atoms with van der Waals surface area (Å²) >= 11 is 13.1. The lowest BCUT2D eigenvalue weighted by Crippen LogP contribution is -2.05. The van der Waals surface area contributed by atoms with Crippen LogP contribution in [0, 0.1) is 6.92 Å². The maximum atomic E-state index is 12.4. The normalized spacial score (nSPS) is 12.0. The number of halogens is 2. The number of thiophene rings is 1. The summed E-state index contributed by atoms with van der Waals surface area (Å²) in [6.07, 6.45) is 3.13. The van der Waals surface area contributed by atoms with E-state index in [9.17, 15) is 4.21 Å². The fourth-order valence-corrected chi connectivity index (χ4v) is 4.22. The summed E-state index contributed by atoms with van der Waals surface area (Å²) in [6.45, 7) is 1.82. The highest BCUT2D eigenvalue weighted by atomic mass is 35.5. The van der Waals surface area contributed by atoms with E-state index in [0.717, 1.165) is 0 Å². The predicted molar refractivity (Wildman–Crippen MR) is 97.7 cm³/mol. The second-order valence-corrected chi connectivity index (χ2v) is 8.22. The van der Waals surface area contributed by atoms with E-state index in [1.807, 2.05) is 6.92 Å². The molecule has 0 aliphatic carbocycles. The minimum atomic E-state index is -1.51. The third-order valence-corrected chi connectivity index (χ3v) is 5.76. The van der Waals surface area contributed by atoms with Crippen molar-refractivity contribution in [3.05, 3.63) is 57.8 Å². The summed E-state index contributed by atoms with van der Waals surface area (Å²) in [6, 6.07) is 8.52. The molecule has 0 aliphatic rings. The Morgan fingerprint density at radius 2 is 2.08 bits per heavy atom. The van der Waals surface area contributed by atoms with Crippen LogP contribution in [0.4, 0.5) is 5.69 Å². The molecular weight excluding hydrogens is 389 g/mol. The molecule has 5 nitrogen and oxygen atoms in total. The van der Waals surface area contributed by atoms with E-state index >= 15 is 0 Å². The van der Waals surface area contributed by atoms with Crippen LogP contribution >= 0.6 is 34.5 Å². The quantitative estimate of drug-likeness (QED) is 0.649. The molecule has 0 fully saturated rings. The largest absolute Gasteiger partial charge is 0.435 e. The zero-order valence-corrected chi connectivity index (χ0v) is 15.5. The van der Waals surface area contributed by atoms with Crippen molar-refractivity contribution in [3.8, 4) is 11.6 Å². The summed E-state index contributed by atoms with van der Waals surface area (Å²) in [5.74, 6) is 0.812. The van der Waals surface area contributed by atoms with Crippen LogP contribution in [0.15, 0.2) is 46.9 Å². The lowest BCUT2D eigenvalue weighted by molar-refractivity contribution is 0.459. The van der Waals surface area contributed by atoms with Gasteiger partial charge in [-0.3, -0.25) is 9.71 Å². The average molecular weight is 400 g/mol. The Hall–Kier alpha value is -1.67. The fourth-order valence-electron chi connectivity index (χ4n) is 1.81. The van der Waals surface area contributed by atoms with Gasteiger partial charge in [0.15, 0.2) is 16.7 Å². The number of rotatable bonds is 5. The van der Waals surface area contributed by atoms with Crippen LogP contribution in [0.2, 0.25) is 9.36 Å². The molecule has 9 heteroatoms. The van der Waals surface area contributed by atoms with Crippen LogP contribution in [-0.4, -0.2) is 14.2 Å². The molecule has 0 saturated carbocycles. The van der Waals surface area contributed by atoms with Crippen molar-refractivity contribution in [2.45, 2.75) is 11.1 Å². The summed E-state index contributed by atoms with van der Waals surface area (Å²) < 4.78 is 22.2. The molecule has 3 heterocycles. The van der Waals surface area contributed by atoms with Crippen LogP contribution in [0.1, 0.15) is 5.69 Å². The molecular formula is C15H11Cl2N3O2S2. The van der Waals surface area contributed by atoms with Gasteiger partial charge in [-0.25, -0.2) is 9.19 Å². The van der Waals surface area contributed by atoms with E-state index in [4.69, 9.17) is 27.9 Å². The summed E-state index contributed by atoms with van der Waals surface area (Å²) in [5.41, 5.74) is 1.12. The first-order valence-corrected chi connectivity index (χ1v) is 9.44. The van der Waals surface area contributed by atoms with Gasteiger partial charge in [-0.15, -0.1) is 11.3 Å². The van der Waals surface area contributed by atoms with Crippen LogP contribution in [0.3, 0.4) is 0 Å². The molecule has 0 bridgehead atoms. The molecule has 3 aromatic rings. The second kappa shape index (κ2) is 7.48. The van der Waals surface area contributed by atoms with Crippen LogP contribution in [-0.2, 0) is 11.0 Å². The standard InChI is InChI=1S/C15H11Cl2N3O2S2/c1-9-12(3-2-6-18-9)22-15-11(7-10(16)8-19-15)20-24(21)14-5-4-13(17)23-14/h2-8,20H,1H3. The number of hydrogen-bond donors (Lipinski definition) is 1. The van der Waals surface area contributed by atoms with E-state index in [-0.39, 0.29) is 5.88 Å². The molecule has 0 aliphatic heterocycles. The Labute approximate surface area is 155 Å². The maximum Gasteiger partial charge on any atom is 0.243 e. The third-order valence-electron chi connectivity index (χ3n) is 2.92. The van der Waals surface area contributed by atoms with Gasteiger partial charge in [-0.2, -0.15) is 0 Å². The number of nitrogens with one attached hydrogen (secondary N) is 1. The van der Waals surface area contributed by atoms with Crippen molar-refractivity contribution >= 4 is 51.2 Å². The lowest BCUT2D eigenvalue weighted by Gasteiger charge is -2.12. The van der Waals surface area contributed by atoms with Gasteiger partial charge in [0, 0.05) is 12.4 Å². The van der Waals surface area contributed by atoms with Crippen LogP contribution in [0.25, 0.3) is 0 Å². The van der Waals surface area contributed by atoms with Gasteiger partial charge in [0.2, 0.25) is 5.88 Å². The van der Waals surface area contributed by atoms with Gasteiger partial charge in [0.05, 0.1) is 15.1 Å². The van der Waals surface area contributed by atoms with Crippen molar-refractivity contribution in [2.75, 3.05) is 4.72 Å². The van der Waals surface area contributed by atoms with Crippen molar-refractivity contribution in [2.24, 2.45) is 0 Å². The Morgan fingerprint density at radius 3 is 2.79 bits per heavy atom. The van der Waals surface area contributed by atoms with Gasteiger partial charge < -0.3 is 4.74 Å². The third kappa shape index (κ3) is 4.05. The van der Waals surface area contributed by atoms with E-state index < -0.39 is 11.0 Å². The van der Waals surface area contributed by atoms with Crippen LogP contribution < -0.4 is 9.46 Å². The van der Waals surface area contributed by atoms with Crippen molar-refractivity contribution < 1.29 is 8.95 Å².